The Balaban J connectivity index is 1.42. The first-order valence-electron chi connectivity index (χ1n) is 10.7. The summed E-state index contributed by atoms with van der Waals surface area (Å²) in [6, 6.07) is 13.2. The van der Waals surface area contributed by atoms with Gasteiger partial charge in [-0.15, -0.1) is 0 Å². The molecular formula is C23H28N4O4. The standard InChI is InChI=1S/C23H28N4O4/c1-15-7-9-24-20(11-15)31-18-12-19(22(28)26-30)21(25-13-18)23(29)27-10-8-17(14-27)16-5-3-2-4-6-16/h2-7,9,11,17-19,21,25,30H,8,10,12-14H2,1H3,(H,26,28)/t17-,18?,19?,21?/m0/s1. The van der Waals surface area contributed by atoms with Crippen LogP contribution in [0.4, 0.5) is 0 Å². The summed E-state index contributed by atoms with van der Waals surface area (Å²) >= 11 is 0. The number of aromatic nitrogens is 1. The van der Waals surface area contributed by atoms with Crippen LogP contribution < -0.4 is 15.5 Å². The molecule has 2 aromatic rings. The highest BCUT2D eigenvalue weighted by molar-refractivity contribution is 5.90. The van der Waals surface area contributed by atoms with Gasteiger partial charge in [0.05, 0.1) is 12.0 Å². The van der Waals surface area contributed by atoms with E-state index >= 15 is 0 Å². The molecule has 0 aliphatic carbocycles. The average molecular weight is 425 g/mol. The molecule has 1 aromatic heterocycles. The van der Waals surface area contributed by atoms with Crippen molar-refractivity contribution in [2.45, 2.75) is 37.8 Å². The number of amides is 2. The van der Waals surface area contributed by atoms with Crippen molar-refractivity contribution in [1.29, 1.82) is 0 Å². The molecule has 31 heavy (non-hydrogen) atoms. The first-order chi connectivity index (χ1) is 15.0. The maximum atomic E-state index is 13.3. The van der Waals surface area contributed by atoms with Gasteiger partial charge < -0.3 is 15.0 Å². The van der Waals surface area contributed by atoms with Crippen molar-refractivity contribution in [3.8, 4) is 5.88 Å². The van der Waals surface area contributed by atoms with Gasteiger partial charge >= 0.3 is 0 Å². The van der Waals surface area contributed by atoms with Crippen LogP contribution in [0.1, 0.15) is 29.9 Å². The average Bonchev–Trinajstić information content (AvgIpc) is 3.29. The summed E-state index contributed by atoms with van der Waals surface area (Å²) in [6.07, 6.45) is 2.53. The molecule has 164 valence electrons. The quantitative estimate of drug-likeness (QED) is 0.498. The van der Waals surface area contributed by atoms with E-state index in [9.17, 15) is 14.8 Å². The van der Waals surface area contributed by atoms with E-state index in [0.717, 1.165) is 12.0 Å². The van der Waals surface area contributed by atoms with E-state index < -0.39 is 17.9 Å². The lowest BCUT2D eigenvalue weighted by molar-refractivity contribution is -0.144. The van der Waals surface area contributed by atoms with Crippen LogP contribution in [-0.4, -0.2) is 58.7 Å². The van der Waals surface area contributed by atoms with Crippen molar-refractivity contribution in [1.82, 2.24) is 20.7 Å². The molecular weight excluding hydrogens is 396 g/mol. The number of likely N-dealkylation sites (tertiary alicyclic amines) is 1. The lowest BCUT2D eigenvalue weighted by Gasteiger charge is -2.36. The van der Waals surface area contributed by atoms with E-state index in [-0.39, 0.29) is 12.0 Å². The SMILES string of the molecule is Cc1ccnc(OC2CNC(C(=O)N3CC[C@H](c4ccccc4)C3)C(C(=O)NO)C2)c1. The molecule has 0 radical (unpaired) electrons. The van der Waals surface area contributed by atoms with E-state index in [0.29, 0.717) is 37.9 Å². The number of piperidine rings is 1. The zero-order chi connectivity index (χ0) is 21.8. The molecule has 2 amide bonds. The number of carbonyl (C=O) groups excluding carboxylic acids is 2. The van der Waals surface area contributed by atoms with Crippen LogP contribution in [-0.2, 0) is 9.59 Å². The molecule has 2 fully saturated rings. The summed E-state index contributed by atoms with van der Waals surface area (Å²) in [4.78, 5) is 31.7. The van der Waals surface area contributed by atoms with Crippen LogP contribution in [0.25, 0.3) is 0 Å². The number of benzene rings is 1. The fourth-order valence-electron chi connectivity index (χ4n) is 4.49. The van der Waals surface area contributed by atoms with Crippen LogP contribution in [0.2, 0.25) is 0 Å². The zero-order valence-electron chi connectivity index (χ0n) is 17.5. The van der Waals surface area contributed by atoms with Crippen molar-refractivity contribution < 1.29 is 19.5 Å². The predicted octanol–water partition coefficient (Wildman–Crippen LogP) is 1.64. The van der Waals surface area contributed by atoms with E-state index in [1.54, 1.807) is 11.7 Å². The Kier molecular flexibility index (Phi) is 6.48. The number of nitrogens with one attached hydrogen (secondary N) is 2. The maximum absolute atomic E-state index is 13.3. The summed E-state index contributed by atoms with van der Waals surface area (Å²) in [6.45, 7) is 3.64. The first-order valence-corrected chi connectivity index (χ1v) is 10.7. The molecule has 4 atom stereocenters. The highest BCUT2D eigenvalue weighted by Crippen LogP contribution is 2.29. The normalized spacial score (nSPS) is 25.8. The minimum atomic E-state index is -0.739. The summed E-state index contributed by atoms with van der Waals surface area (Å²) < 4.78 is 5.93. The third-order valence-corrected chi connectivity index (χ3v) is 6.15. The van der Waals surface area contributed by atoms with Gasteiger partial charge in [-0.3, -0.25) is 14.8 Å². The Morgan fingerprint density at radius 3 is 2.81 bits per heavy atom. The molecule has 8 heteroatoms. The minimum Gasteiger partial charge on any atom is -0.473 e. The Morgan fingerprint density at radius 1 is 1.26 bits per heavy atom. The lowest BCUT2D eigenvalue weighted by atomic mass is 9.87. The fraction of sp³-hybridized carbons (Fsp3) is 0.435. The van der Waals surface area contributed by atoms with Crippen LogP contribution in [0, 0.1) is 12.8 Å². The van der Waals surface area contributed by atoms with E-state index in [1.807, 2.05) is 42.2 Å². The number of carbonyl (C=O) groups is 2. The number of nitrogens with zero attached hydrogens (tertiary/aromatic N) is 2. The highest BCUT2D eigenvalue weighted by Gasteiger charge is 2.43. The molecule has 0 bridgehead atoms. The van der Waals surface area contributed by atoms with Gasteiger partial charge in [-0.25, -0.2) is 10.5 Å². The van der Waals surface area contributed by atoms with Gasteiger partial charge in [-0.05, 0) is 37.0 Å². The molecule has 2 aliphatic heterocycles. The minimum absolute atomic E-state index is 0.112. The van der Waals surface area contributed by atoms with Gasteiger partial charge in [0.15, 0.2) is 0 Å². The van der Waals surface area contributed by atoms with Crippen molar-refractivity contribution in [3.63, 3.8) is 0 Å². The van der Waals surface area contributed by atoms with Crippen LogP contribution in [0.3, 0.4) is 0 Å². The van der Waals surface area contributed by atoms with Gasteiger partial charge in [0.25, 0.3) is 0 Å². The van der Waals surface area contributed by atoms with Gasteiger partial charge in [-0.1, -0.05) is 30.3 Å². The summed E-state index contributed by atoms with van der Waals surface area (Å²) in [5.74, 6) is -0.668. The number of rotatable bonds is 5. The van der Waals surface area contributed by atoms with Crippen molar-refractivity contribution in [2.24, 2.45) is 5.92 Å². The van der Waals surface area contributed by atoms with Gasteiger partial charge in [0, 0.05) is 37.8 Å². The second-order valence-corrected chi connectivity index (χ2v) is 8.30. The first kappa shape index (κ1) is 21.3. The molecule has 3 N–H and O–H groups in total. The molecule has 0 saturated carbocycles. The lowest BCUT2D eigenvalue weighted by Crippen LogP contribution is -2.60. The molecule has 4 rings (SSSR count). The molecule has 2 aliphatic rings. The summed E-state index contributed by atoms with van der Waals surface area (Å²) in [5, 5.41) is 12.4. The van der Waals surface area contributed by atoms with E-state index in [2.05, 4.69) is 22.4 Å². The number of pyridine rings is 1. The molecule has 1 aromatic carbocycles. The molecule has 3 heterocycles. The van der Waals surface area contributed by atoms with Crippen molar-refractivity contribution in [2.75, 3.05) is 19.6 Å². The molecule has 3 unspecified atom stereocenters. The van der Waals surface area contributed by atoms with Gasteiger partial charge in [-0.2, -0.15) is 0 Å². The van der Waals surface area contributed by atoms with Crippen LogP contribution in [0.5, 0.6) is 5.88 Å². The van der Waals surface area contributed by atoms with E-state index in [4.69, 9.17) is 4.74 Å². The van der Waals surface area contributed by atoms with Gasteiger partial charge in [0.1, 0.15) is 6.10 Å². The van der Waals surface area contributed by atoms with Crippen LogP contribution >= 0.6 is 0 Å². The summed E-state index contributed by atoms with van der Waals surface area (Å²) in [5.41, 5.74) is 3.96. The number of hydroxylamine groups is 1. The highest BCUT2D eigenvalue weighted by atomic mass is 16.5. The number of hydrogen-bond donors (Lipinski definition) is 3. The topological polar surface area (TPSA) is 104 Å². The smallest absolute Gasteiger partial charge is 0.248 e. The number of hydrogen-bond acceptors (Lipinski definition) is 6. The van der Waals surface area contributed by atoms with Crippen LogP contribution in [0.15, 0.2) is 48.7 Å². The molecule has 0 spiro atoms. The summed E-state index contributed by atoms with van der Waals surface area (Å²) in [7, 11) is 0. The third-order valence-electron chi connectivity index (χ3n) is 6.15. The second kappa shape index (κ2) is 9.45. The third kappa shape index (κ3) is 4.86. The predicted molar refractivity (Wildman–Crippen MR) is 114 cm³/mol. The van der Waals surface area contributed by atoms with E-state index in [1.165, 1.54) is 5.56 Å². The maximum Gasteiger partial charge on any atom is 0.248 e. The fourth-order valence-corrected chi connectivity index (χ4v) is 4.49. The Bertz CT molecular complexity index is 923. The molecule has 8 nitrogen and oxygen atoms in total. The number of ether oxygens (including phenoxy) is 1. The zero-order valence-corrected chi connectivity index (χ0v) is 17.5. The largest absolute Gasteiger partial charge is 0.473 e. The van der Waals surface area contributed by atoms with Crippen molar-refractivity contribution in [3.05, 3.63) is 59.8 Å². The molecule has 2 saturated heterocycles. The van der Waals surface area contributed by atoms with Crippen molar-refractivity contribution >= 4 is 11.8 Å². The monoisotopic (exact) mass is 424 g/mol. The second-order valence-electron chi connectivity index (χ2n) is 8.30. The number of aryl methyl sites for hydroxylation is 1. The Morgan fingerprint density at radius 2 is 2.06 bits per heavy atom. The van der Waals surface area contributed by atoms with Gasteiger partial charge in [0.2, 0.25) is 17.7 Å². The Hall–Kier alpha value is -2.97. The Labute approximate surface area is 181 Å².